The fourth-order valence-corrected chi connectivity index (χ4v) is 7.87. The molecule has 0 aromatic heterocycles. The van der Waals surface area contributed by atoms with E-state index in [9.17, 15) is 20.4 Å². The number of aliphatic hydroxyl groups excluding tert-OH is 3. The molecule has 3 rings (SSSR count). The quantitative estimate of drug-likeness (QED) is 0.408. The molecule has 0 aromatic rings. The molecule has 3 fully saturated rings. The average molecular weight is 465 g/mol. The molecule has 0 heterocycles. The zero-order chi connectivity index (χ0) is 23.7. The lowest BCUT2D eigenvalue weighted by Gasteiger charge is -2.44. The van der Waals surface area contributed by atoms with Crippen molar-refractivity contribution in [2.24, 2.45) is 17.3 Å². The molecular formula is C27H44O4S. The first-order valence-corrected chi connectivity index (χ1v) is 13.4. The summed E-state index contributed by atoms with van der Waals surface area (Å²) in [6, 6.07) is 0. The molecule has 4 N–H and O–H groups in total. The van der Waals surface area contributed by atoms with E-state index in [0.717, 1.165) is 55.4 Å². The summed E-state index contributed by atoms with van der Waals surface area (Å²) in [5.41, 5.74) is 2.55. The lowest BCUT2D eigenvalue weighted by molar-refractivity contribution is 0.0678. The van der Waals surface area contributed by atoms with Gasteiger partial charge < -0.3 is 20.4 Å². The molecule has 3 aliphatic rings. The number of allylic oxidation sites excluding steroid dienone is 3. The number of thioether (sulfide) groups is 1. The monoisotopic (exact) mass is 464 g/mol. The van der Waals surface area contributed by atoms with Crippen molar-refractivity contribution in [2.75, 3.05) is 5.75 Å². The van der Waals surface area contributed by atoms with Gasteiger partial charge >= 0.3 is 0 Å². The Hall–Kier alpha value is -0.590. The van der Waals surface area contributed by atoms with E-state index in [1.54, 1.807) is 0 Å². The largest absolute Gasteiger partial charge is 0.393 e. The minimum Gasteiger partial charge on any atom is -0.393 e. The first-order valence-electron chi connectivity index (χ1n) is 12.4. The highest BCUT2D eigenvalue weighted by Crippen LogP contribution is 2.59. The third kappa shape index (κ3) is 5.90. The average Bonchev–Trinajstić information content (AvgIpc) is 2.96. The summed E-state index contributed by atoms with van der Waals surface area (Å²) < 4.78 is 0. The molecule has 182 valence electrons. The van der Waals surface area contributed by atoms with E-state index in [0.29, 0.717) is 24.0 Å². The zero-order valence-corrected chi connectivity index (χ0v) is 21.2. The van der Waals surface area contributed by atoms with Gasteiger partial charge in [-0.2, -0.15) is 11.8 Å². The molecule has 3 aliphatic carbocycles. The van der Waals surface area contributed by atoms with Crippen molar-refractivity contribution in [3.8, 4) is 0 Å². The van der Waals surface area contributed by atoms with Crippen molar-refractivity contribution < 1.29 is 20.4 Å². The van der Waals surface area contributed by atoms with Crippen LogP contribution in [0.25, 0.3) is 0 Å². The van der Waals surface area contributed by atoms with Crippen LogP contribution >= 0.6 is 11.8 Å². The molecule has 0 saturated heterocycles. The van der Waals surface area contributed by atoms with Gasteiger partial charge in [0.05, 0.1) is 23.9 Å². The fraction of sp³-hybridized carbons (Fsp3) is 0.778. The van der Waals surface area contributed by atoms with Crippen LogP contribution in [0.1, 0.15) is 79.1 Å². The first kappa shape index (κ1) is 26.0. The standard InChI is InChI=1S/C27H44O4S/c1-17-20(14-21(28)15-23(17)29)10-9-19-8-6-12-27(5)22(19)16-24(30)25(27)18(2)32-13-7-11-26(3,4)31/h9-10,18,21-25,28-31H,1,6-8,11-16H2,2-5H3/t18-,21+,22-,23-,24-,25-,27-/m0/s1. The van der Waals surface area contributed by atoms with Crippen LogP contribution < -0.4 is 0 Å². The summed E-state index contributed by atoms with van der Waals surface area (Å²) >= 11 is 1.94. The van der Waals surface area contributed by atoms with Gasteiger partial charge in [0.15, 0.2) is 0 Å². The molecule has 0 amide bonds. The molecule has 32 heavy (non-hydrogen) atoms. The zero-order valence-electron chi connectivity index (χ0n) is 20.4. The highest BCUT2D eigenvalue weighted by atomic mass is 32.2. The molecule has 4 nitrogen and oxygen atoms in total. The number of fused-ring (bicyclic) bond motifs is 1. The Morgan fingerprint density at radius 2 is 1.94 bits per heavy atom. The summed E-state index contributed by atoms with van der Waals surface area (Å²) in [7, 11) is 0. The maximum Gasteiger partial charge on any atom is 0.0811 e. The summed E-state index contributed by atoms with van der Waals surface area (Å²) in [5, 5.41) is 41.6. The summed E-state index contributed by atoms with van der Waals surface area (Å²) in [5.74, 6) is 1.65. The van der Waals surface area contributed by atoms with E-state index in [4.69, 9.17) is 0 Å². The highest BCUT2D eigenvalue weighted by molar-refractivity contribution is 7.99. The summed E-state index contributed by atoms with van der Waals surface area (Å²) in [6.45, 7) is 12.4. The number of hydrogen-bond donors (Lipinski definition) is 4. The molecule has 0 spiro atoms. The van der Waals surface area contributed by atoms with E-state index >= 15 is 0 Å². The van der Waals surface area contributed by atoms with E-state index in [2.05, 4.69) is 32.6 Å². The number of rotatable bonds is 7. The fourth-order valence-electron chi connectivity index (χ4n) is 6.48. The van der Waals surface area contributed by atoms with Crippen LogP contribution in [0.4, 0.5) is 0 Å². The second-order valence-corrected chi connectivity index (χ2v) is 12.8. The van der Waals surface area contributed by atoms with Crippen LogP contribution in [0.15, 0.2) is 35.5 Å². The number of aliphatic hydroxyl groups is 4. The van der Waals surface area contributed by atoms with E-state index in [1.165, 1.54) is 5.57 Å². The topological polar surface area (TPSA) is 80.9 Å². The van der Waals surface area contributed by atoms with Crippen LogP contribution in [0.2, 0.25) is 0 Å². The Kier molecular flexibility index (Phi) is 8.42. The van der Waals surface area contributed by atoms with Crippen LogP contribution in [0, 0.1) is 17.3 Å². The van der Waals surface area contributed by atoms with Crippen molar-refractivity contribution in [2.45, 2.75) is 108 Å². The maximum atomic E-state index is 11.1. The van der Waals surface area contributed by atoms with Crippen LogP contribution in [0.3, 0.4) is 0 Å². The predicted octanol–water partition coefficient (Wildman–Crippen LogP) is 4.77. The van der Waals surface area contributed by atoms with Crippen molar-refractivity contribution in [3.63, 3.8) is 0 Å². The van der Waals surface area contributed by atoms with Crippen molar-refractivity contribution in [1.82, 2.24) is 0 Å². The Balaban J connectivity index is 1.71. The molecule has 0 aliphatic heterocycles. The van der Waals surface area contributed by atoms with Gasteiger partial charge in [0, 0.05) is 17.6 Å². The molecule has 0 aromatic carbocycles. The lowest BCUT2D eigenvalue weighted by atomic mass is 9.63. The smallest absolute Gasteiger partial charge is 0.0811 e. The van der Waals surface area contributed by atoms with Gasteiger partial charge in [-0.15, -0.1) is 0 Å². The van der Waals surface area contributed by atoms with Gasteiger partial charge in [0.1, 0.15) is 0 Å². The normalized spacial score (nSPS) is 39.5. The maximum absolute atomic E-state index is 11.1. The molecule has 0 radical (unpaired) electrons. The van der Waals surface area contributed by atoms with Crippen LogP contribution in [-0.2, 0) is 0 Å². The first-order chi connectivity index (χ1) is 14.9. The van der Waals surface area contributed by atoms with Gasteiger partial charge in [0.2, 0.25) is 0 Å². The van der Waals surface area contributed by atoms with E-state index in [-0.39, 0.29) is 17.4 Å². The molecule has 3 saturated carbocycles. The molecule has 7 atom stereocenters. The van der Waals surface area contributed by atoms with Crippen molar-refractivity contribution in [1.29, 1.82) is 0 Å². The minimum absolute atomic E-state index is 0.0905. The Labute approximate surface area is 198 Å². The minimum atomic E-state index is -0.660. The molecular weight excluding hydrogens is 420 g/mol. The molecule has 0 bridgehead atoms. The summed E-state index contributed by atoms with van der Waals surface area (Å²) in [4.78, 5) is 0. The Bertz CT molecular complexity index is 736. The Morgan fingerprint density at radius 1 is 1.22 bits per heavy atom. The van der Waals surface area contributed by atoms with Crippen LogP contribution in [0.5, 0.6) is 0 Å². The third-order valence-electron chi connectivity index (χ3n) is 8.16. The summed E-state index contributed by atoms with van der Waals surface area (Å²) in [6.07, 6.45) is 9.65. The van der Waals surface area contributed by atoms with Crippen LogP contribution in [-0.4, -0.2) is 55.3 Å². The Morgan fingerprint density at radius 3 is 2.62 bits per heavy atom. The van der Waals surface area contributed by atoms with Gasteiger partial charge in [-0.05, 0) is 87.0 Å². The highest BCUT2D eigenvalue weighted by Gasteiger charge is 2.55. The second kappa shape index (κ2) is 10.4. The van der Waals surface area contributed by atoms with Gasteiger partial charge in [-0.3, -0.25) is 0 Å². The van der Waals surface area contributed by atoms with Gasteiger partial charge in [-0.1, -0.05) is 38.2 Å². The van der Waals surface area contributed by atoms with Gasteiger partial charge in [-0.25, -0.2) is 0 Å². The number of hydrogen-bond acceptors (Lipinski definition) is 5. The second-order valence-electron chi connectivity index (χ2n) is 11.3. The van der Waals surface area contributed by atoms with E-state index < -0.39 is 17.8 Å². The van der Waals surface area contributed by atoms with E-state index in [1.807, 2.05) is 25.6 Å². The SMILES string of the molecule is C=C1C(=CC=C2CCC[C@]3(C)[C@@H]([C@H](C)SCCCC(C)(C)O)[C@@H](O)C[C@@H]23)C[C@@H](O)C[C@@H]1O. The van der Waals surface area contributed by atoms with Gasteiger partial charge in [0.25, 0.3) is 0 Å². The lowest BCUT2D eigenvalue weighted by Crippen LogP contribution is -2.39. The third-order valence-corrected chi connectivity index (χ3v) is 9.50. The molecule has 0 unspecified atom stereocenters. The molecule has 5 heteroatoms. The van der Waals surface area contributed by atoms with Crippen molar-refractivity contribution in [3.05, 3.63) is 35.5 Å². The predicted molar refractivity (Wildman–Crippen MR) is 134 cm³/mol. The van der Waals surface area contributed by atoms with Crippen molar-refractivity contribution >= 4 is 11.8 Å².